The SMILES string of the molecule is CC/C(C)=N\NC(=O)COc1ccc(C)c(C)c1. The second-order valence-electron chi connectivity index (χ2n) is 4.27. The fourth-order valence-corrected chi connectivity index (χ4v) is 1.22. The zero-order valence-electron chi connectivity index (χ0n) is 11.4. The summed E-state index contributed by atoms with van der Waals surface area (Å²) in [7, 11) is 0. The van der Waals surface area contributed by atoms with Gasteiger partial charge in [-0.2, -0.15) is 5.10 Å². The van der Waals surface area contributed by atoms with Gasteiger partial charge in [0.15, 0.2) is 6.61 Å². The summed E-state index contributed by atoms with van der Waals surface area (Å²) in [6.07, 6.45) is 0.818. The van der Waals surface area contributed by atoms with Crippen molar-refractivity contribution in [2.75, 3.05) is 6.61 Å². The largest absolute Gasteiger partial charge is 0.484 e. The summed E-state index contributed by atoms with van der Waals surface area (Å²) in [5.74, 6) is 0.450. The molecule has 1 amide bonds. The minimum Gasteiger partial charge on any atom is -0.484 e. The molecule has 0 bridgehead atoms. The number of nitrogens with zero attached hydrogens (tertiary/aromatic N) is 1. The molecule has 4 nitrogen and oxygen atoms in total. The van der Waals surface area contributed by atoms with Crippen LogP contribution >= 0.6 is 0 Å². The van der Waals surface area contributed by atoms with E-state index < -0.39 is 0 Å². The van der Waals surface area contributed by atoms with Crippen LogP contribution < -0.4 is 10.2 Å². The molecule has 0 radical (unpaired) electrons. The van der Waals surface area contributed by atoms with Gasteiger partial charge in [-0.25, -0.2) is 5.43 Å². The van der Waals surface area contributed by atoms with Crippen LogP contribution in [0.25, 0.3) is 0 Å². The molecule has 0 saturated heterocycles. The molecule has 98 valence electrons. The van der Waals surface area contributed by atoms with Crippen LogP contribution in [-0.4, -0.2) is 18.2 Å². The summed E-state index contributed by atoms with van der Waals surface area (Å²) in [6, 6.07) is 5.75. The van der Waals surface area contributed by atoms with Gasteiger partial charge in [0.1, 0.15) is 5.75 Å². The van der Waals surface area contributed by atoms with Crippen molar-refractivity contribution in [1.82, 2.24) is 5.43 Å². The zero-order chi connectivity index (χ0) is 13.5. The van der Waals surface area contributed by atoms with Crippen molar-refractivity contribution in [3.8, 4) is 5.75 Å². The Morgan fingerprint density at radius 2 is 2.06 bits per heavy atom. The van der Waals surface area contributed by atoms with E-state index in [4.69, 9.17) is 4.74 Å². The Morgan fingerprint density at radius 1 is 1.33 bits per heavy atom. The van der Waals surface area contributed by atoms with E-state index in [-0.39, 0.29) is 12.5 Å². The normalized spacial score (nSPS) is 11.2. The molecule has 1 N–H and O–H groups in total. The van der Waals surface area contributed by atoms with Gasteiger partial charge < -0.3 is 4.74 Å². The lowest BCUT2D eigenvalue weighted by atomic mass is 10.1. The summed E-state index contributed by atoms with van der Waals surface area (Å²) >= 11 is 0. The molecule has 1 rings (SSSR count). The first-order valence-corrected chi connectivity index (χ1v) is 6.05. The molecular formula is C14H20N2O2. The number of carbonyl (C=O) groups excluding carboxylic acids is 1. The van der Waals surface area contributed by atoms with Crippen LogP contribution in [0.2, 0.25) is 0 Å². The molecule has 0 heterocycles. The number of benzene rings is 1. The summed E-state index contributed by atoms with van der Waals surface area (Å²) in [5, 5.41) is 3.92. The third kappa shape index (κ3) is 4.57. The minimum absolute atomic E-state index is 0.0248. The second kappa shape index (κ2) is 6.79. The lowest BCUT2D eigenvalue weighted by molar-refractivity contribution is -0.123. The second-order valence-corrected chi connectivity index (χ2v) is 4.27. The zero-order valence-corrected chi connectivity index (χ0v) is 11.4. The molecular weight excluding hydrogens is 228 g/mol. The number of aryl methyl sites for hydroxylation is 2. The van der Waals surface area contributed by atoms with Gasteiger partial charge in [0.2, 0.25) is 0 Å². The standard InChI is InChI=1S/C14H20N2O2/c1-5-12(4)15-16-14(17)9-18-13-7-6-10(2)11(3)8-13/h6-8H,5,9H2,1-4H3,(H,16,17)/b15-12-. The van der Waals surface area contributed by atoms with Gasteiger partial charge in [0.25, 0.3) is 5.91 Å². The number of carbonyl (C=O) groups is 1. The Kier molecular flexibility index (Phi) is 5.36. The maximum Gasteiger partial charge on any atom is 0.277 e. The maximum absolute atomic E-state index is 11.4. The van der Waals surface area contributed by atoms with Crippen LogP contribution in [0.5, 0.6) is 5.75 Å². The fraction of sp³-hybridized carbons (Fsp3) is 0.429. The van der Waals surface area contributed by atoms with Crippen molar-refractivity contribution >= 4 is 11.6 Å². The summed E-state index contributed by atoms with van der Waals surface area (Å²) < 4.78 is 5.39. The Balaban J connectivity index is 2.45. The van der Waals surface area contributed by atoms with Gasteiger partial charge in [-0.15, -0.1) is 0 Å². The average Bonchev–Trinajstić information content (AvgIpc) is 2.37. The highest BCUT2D eigenvalue weighted by atomic mass is 16.5. The maximum atomic E-state index is 11.4. The fourth-order valence-electron chi connectivity index (χ4n) is 1.22. The monoisotopic (exact) mass is 248 g/mol. The predicted molar refractivity (Wildman–Crippen MR) is 73.0 cm³/mol. The van der Waals surface area contributed by atoms with Crippen molar-refractivity contribution < 1.29 is 9.53 Å². The number of hydrazone groups is 1. The van der Waals surface area contributed by atoms with E-state index in [0.29, 0.717) is 5.75 Å². The molecule has 0 spiro atoms. The Hall–Kier alpha value is -1.84. The molecule has 0 aromatic heterocycles. The van der Waals surface area contributed by atoms with Gasteiger partial charge in [0, 0.05) is 5.71 Å². The number of ether oxygens (including phenoxy) is 1. The van der Waals surface area contributed by atoms with Crippen LogP contribution in [0.15, 0.2) is 23.3 Å². The van der Waals surface area contributed by atoms with E-state index in [2.05, 4.69) is 10.5 Å². The number of hydrogen-bond donors (Lipinski definition) is 1. The summed E-state index contributed by atoms with van der Waals surface area (Å²) in [5.41, 5.74) is 5.69. The smallest absolute Gasteiger partial charge is 0.277 e. The molecule has 0 aliphatic carbocycles. The third-order valence-corrected chi connectivity index (χ3v) is 2.73. The van der Waals surface area contributed by atoms with E-state index in [1.54, 1.807) is 0 Å². The number of rotatable bonds is 5. The average molecular weight is 248 g/mol. The Labute approximate surface area is 108 Å². The molecule has 18 heavy (non-hydrogen) atoms. The van der Waals surface area contributed by atoms with E-state index in [1.165, 1.54) is 5.56 Å². The van der Waals surface area contributed by atoms with Crippen LogP contribution in [-0.2, 0) is 4.79 Å². The molecule has 0 aliphatic rings. The first-order chi connectivity index (χ1) is 8.52. The lowest BCUT2D eigenvalue weighted by Gasteiger charge is -2.07. The van der Waals surface area contributed by atoms with E-state index in [1.807, 2.05) is 45.9 Å². The molecule has 0 unspecified atom stereocenters. The molecule has 1 aromatic rings. The number of amides is 1. The van der Waals surface area contributed by atoms with Gasteiger partial charge in [-0.1, -0.05) is 13.0 Å². The highest BCUT2D eigenvalue weighted by Gasteiger charge is 2.02. The van der Waals surface area contributed by atoms with Crippen LogP contribution in [0.1, 0.15) is 31.4 Å². The van der Waals surface area contributed by atoms with E-state index in [9.17, 15) is 4.79 Å². The van der Waals surface area contributed by atoms with Crippen molar-refractivity contribution in [2.45, 2.75) is 34.1 Å². The topological polar surface area (TPSA) is 50.7 Å². The van der Waals surface area contributed by atoms with Crippen molar-refractivity contribution in [3.05, 3.63) is 29.3 Å². The summed E-state index contributed by atoms with van der Waals surface area (Å²) in [4.78, 5) is 11.4. The van der Waals surface area contributed by atoms with Crippen LogP contribution in [0, 0.1) is 13.8 Å². The van der Waals surface area contributed by atoms with Crippen molar-refractivity contribution in [3.63, 3.8) is 0 Å². The number of hydrogen-bond acceptors (Lipinski definition) is 3. The quantitative estimate of drug-likeness (QED) is 0.643. The van der Waals surface area contributed by atoms with E-state index >= 15 is 0 Å². The third-order valence-electron chi connectivity index (χ3n) is 2.73. The van der Waals surface area contributed by atoms with Crippen molar-refractivity contribution in [2.24, 2.45) is 5.10 Å². The highest BCUT2D eigenvalue weighted by Crippen LogP contribution is 2.16. The molecule has 0 aliphatic heterocycles. The lowest BCUT2D eigenvalue weighted by Crippen LogP contribution is -2.25. The first kappa shape index (κ1) is 14.2. The van der Waals surface area contributed by atoms with Gasteiger partial charge in [-0.05, 0) is 50.5 Å². The predicted octanol–water partition coefficient (Wildman–Crippen LogP) is 2.58. The van der Waals surface area contributed by atoms with Crippen LogP contribution in [0.4, 0.5) is 0 Å². The Bertz CT molecular complexity index is 453. The summed E-state index contributed by atoms with van der Waals surface area (Å²) in [6.45, 7) is 7.87. The Morgan fingerprint density at radius 3 is 2.67 bits per heavy atom. The van der Waals surface area contributed by atoms with E-state index in [0.717, 1.165) is 17.7 Å². The van der Waals surface area contributed by atoms with Gasteiger partial charge >= 0.3 is 0 Å². The van der Waals surface area contributed by atoms with Gasteiger partial charge in [-0.3, -0.25) is 4.79 Å². The molecule has 4 heteroatoms. The number of nitrogens with one attached hydrogen (secondary N) is 1. The van der Waals surface area contributed by atoms with Gasteiger partial charge in [0.05, 0.1) is 0 Å². The minimum atomic E-state index is -0.249. The molecule has 0 atom stereocenters. The molecule has 0 saturated carbocycles. The highest BCUT2D eigenvalue weighted by molar-refractivity contribution is 5.84. The van der Waals surface area contributed by atoms with Crippen molar-refractivity contribution in [1.29, 1.82) is 0 Å². The molecule has 1 aromatic carbocycles. The molecule has 0 fully saturated rings. The van der Waals surface area contributed by atoms with Crippen LogP contribution in [0.3, 0.4) is 0 Å². The first-order valence-electron chi connectivity index (χ1n) is 6.05.